The predicted octanol–water partition coefficient (Wildman–Crippen LogP) is 0.580. The molecule has 1 saturated heterocycles. The quantitative estimate of drug-likeness (QED) is 0.656. The highest BCUT2D eigenvalue weighted by molar-refractivity contribution is 7.91. The van der Waals surface area contributed by atoms with E-state index in [0.717, 1.165) is 32.5 Å². The lowest BCUT2D eigenvalue weighted by atomic mass is 10.2. The van der Waals surface area contributed by atoms with Crippen LogP contribution in [0, 0.1) is 0 Å². The van der Waals surface area contributed by atoms with Gasteiger partial charge in [0.05, 0.1) is 11.9 Å². The lowest BCUT2D eigenvalue weighted by Gasteiger charge is -2.10. The summed E-state index contributed by atoms with van der Waals surface area (Å²) < 4.78 is 27.8. The molecule has 1 aliphatic rings. The topological polar surface area (TPSA) is 55.4 Å². The van der Waals surface area contributed by atoms with E-state index in [4.69, 9.17) is 4.74 Å². The smallest absolute Gasteiger partial charge is 0.150 e. The van der Waals surface area contributed by atoms with E-state index in [1.54, 1.807) is 6.92 Å². The molecule has 0 bridgehead atoms. The molecule has 1 atom stereocenters. The molecule has 1 rings (SSSR count). The van der Waals surface area contributed by atoms with E-state index in [-0.39, 0.29) is 5.75 Å². The molecule has 15 heavy (non-hydrogen) atoms. The maximum absolute atomic E-state index is 11.2. The SMILES string of the molecule is CCS(=O)(=O)CCCNCC1CCCO1. The van der Waals surface area contributed by atoms with E-state index in [2.05, 4.69) is 5.32 Å². The van der Waals surface area contributed by atoms with E-state index < -0.39 is 9.84 Å². The van der Waals surface area contributed by atoms with Crippen LogP contribution < -0.4 is 5.32 Å². The molecule has 0 spiro atoms. The van der Waals surface area contributed by atoms with Crippen molar-refractivity contribution in [2.45, 2.75) is 32.3 Å². The molecule has 1 fully saturated rings. The molecular weight excluding hydrogens is 214 g/mol. The zero-order chi connectivity index (χ0) is 11.1. The molecule has 0 radical (unpaired) electrons. The first-order valence-electron chi connectivity index (χ1n) is 5.67. The summed E-state index contributed by atoms with van der Waals surface area (Å²) in [7, 11) is -2.79. The van der Waals surface area contributed by atoms with Crippen LogP contribution in [-0.4, -0.2) is 45.7 Å². The standard InChI is InChI=1S/C10H21NO3S/c1-2-15(12,13)8-4-6-11-9-10-5-3-7-14-10/h10-11H,2-9H2,1H3. The summed E-state index contributed by atoms with van der Waals surface area (Å²) >= 11 is 0. The Morgan fingerprint density at radius 1 is 1.47 bits per heavy atom. The molecule has 0 aromatic heterocycles. The molecule has 1 N–H and O–H groups in total. The van der Waals surface area contributed by atoms with Crippen LogP contribution >= 0.6 is 0 Å². The Bertz CT molecular complexity index is 258. The summed E-state index contributed by atoms with van der Waals surface area (Å²) in [5.74, 6) is 0.542. The summed E-state index contributed by atoms with van der Waals surface area (Å²) in [6.07, 6.45) is 3.31. The normalized spacial score (nSPS) is 22.1. The first-order chi connectivity index (χ1) is 7.14. The minimum Gasteiger partial charge on any atom is -0.377 e. The summed E-state index contributed by atoms with van der Waals surface area (Å²) in [4.78, 5) is 0. The Morgan fingerprint density at radius 2 is 2.27 bits per heavy atom. The lowest BCUT2D eigenvalue weighted by molar-refractivity contribution is 0.110. The molecule has 1 aliphatic heterocycles. The van der Waals surface area contributed by atoms with Gasteiger partial charge in [0.1, 0.15) is 9.84 Å². The van der Waals surface area contributed by atoms with Crippen molar-refractivity contribution in [2.75, 3.05) is 31.2 Å². The highest BCUT2D eigenvalue weighted by Gasteiger charge is 2.14. The van der Waals surface area contributed by atoms with Gasteiger partial charge in [0.2, 0.25) is 0 Å². The van der Waals surface area contributed by atoms with E-state index in [1.165, 1.54) is 0 Å². The van der Waals surface area contributed by atoms with Crippen molar-refractivity contribution in [3.63, 3.8) is 0 Å². The van der Waals surface area contributed by atoms with Gasteiger partial charge in [0.15, 0.2) is 0 Å². The van der Waals surface area contributed by atoms with Gasteiger partial charge in [-0.25, -0.2) is 8.42 Å². The van der Waals surface area contributed by atoms with E-state index >= 15 is 0 Å². The Kier molecular flexibility index (Phi) is 5.56. The van der Waals surface area contributed by atoms with Gasteiger partial charge in [-0.3, -0.25) is 0 Å². The predicted molar refractivity (Wildman–Crippen MR) is 60.8 cm³/mol. The number of nitrogens with one attached hydrogen (secondary N) is 1. The monoisotopic (exact) mass is 235 g/mol. The van der Waals surface area contributed by atoms with Crippen molar-refractivity contribution in [1.82, 2.24) is 5.32 Å². The largest absolute Gasteiger partial charge is 0.377 e. The molecule has 1 heterocycles. The van der Waals surface area contributed by atoms with E-state index in [0.29, 0.717) is 18.3 Å². The van der Waals surface area contributed by atoms with Gasteiger partial charge in [-0.2, -0.15) is 0 Å². The molecule has 5 heteroatoms. The second-order valence-electron chi connectivity index (χ2n) is 3.93. The molecule has 0 aromatic rings. The Labute approximate surface area is 92.3 Å². The van der Waals surface area contributed by atoms with Crippen molar-refractivity contribution >= 4 is 9.84 Å². The average Bonchev–Trinajstić information content (AvgIpc) is 2.70. The van der Waals surface area contributed by atoms with Crippen molar-refractivity contribution in [1.29, 1.82) is 0 Å². The fraction of sp³-hybridized carbons (Fsp3) is 1.00. The van der Waals surface area contributed by atoms with Gasteiger partial charge in [-0.15, -0.1) is 0 Å². The van der Waals surface area contributed by atoms with E-state index in [9.17, 15) is 8.42 Å². The van der Waals surface area contributed by atoms with Crippen molar-refractivity contribution in [2.24, 2.45) is 0 Å². The van der Waals surface area contributed by atoms with Gasteiger partial charge in [0.25, 0.3) is 0 Å². The van der Waals surface area contributed by atoms with Crippen LogP contribution in [0.2, 0.25) is 0 Å². The third-order valence-corrected chi connectivity index (χ3v) is 4.44. The third kappa shape index (κ3) is 5.49. The van der Waals surface area contributed by atoms with Gasteiger partial charge >= 0.3 is 0 Å². The summed E-state index contributed by atoms with van der Waals surface area (Å²) in [5.41, 5.74) is 0. The highest BCUT2D eigenvalue weighted by Crippen LogP contribution is 2.10. The number of ether oxygens (including phenoxy) is 1. The molecular formula is C10H21NO3S. The van der Waals surface area contributed by atoms with Gasteiger partial charge in [-0.05, 0) is 25.8 Å². The molecule has 4 nitrogen and oxygen atoms in total. The lowest BCUT2D eigenvalue weighted by Crippen LogP contribution is -2.28. The second kappa shape index (κ2) is 6.45. The molecule has 0 saturated carbocycles. The molecule has 0 aliphatic carbocycles. The van der Waals surface area contributed by atoms with Gasteiger partial charge in [-0.1, -0.05) is 6.92 Å². The average molecular weight is 235 g/mol. The fourth-order valence-corrected chi connectivity index (χ4v) is 2.50. The molecule has 0 amide bonds. The Morgan fingerprint density at radius 3 is 2.87 bits per heavy atom. The van der Waals surface area contributed by atoms with Crippen LogP contribution in [-0.2, 0) is 14.6 Å². The maximum atomic E-state index is 11.2. The van der Waals surface area contributed by atoms with Crippen LogP contribution in [0.25, 0.3) is 0 Å². The summed E-state index contributed by atoms with van der Waals surface area (Å²) in [5, 5.41) is 3.23. The van der Waals surface area contributed by atoms with E-state index in [1.807, 2.05) is 0 Å². The van der Waals surface area contributed by atoms with Crippen LogP contribution in [0.15, 0.2) is 0 Å². The van der Waals surface area contributed by atoms with Crippen molar-refractivity contribution < 1.29 is 13.2 Å². The first kappa shape index (κ1) is 12.9. The molecule has 90 valence electrons. The highest BCUT2D eigenvalue weighted by atomic mass is 32.2. The number of hydrogen-bond acceptors (Lipinski definition) is 4. The van der Waals surface area contributed by atoms with Crippen molar-refractivity contribution in [3.8, 4) is 0 Å². The van der Waals surface area contributed by atoms with Crippen LogP contribution in [0.4, 0.5) is 0 Å². The molecule has 1 unspecified atom stereocenters. The van der Waals surface area contributed by atoms with Crippen molar-refractivity contribution in [3.05, 3.63) is 0 Å². The number of sulfone groups is 1. The minimum atomic E-state index is -2.79. The zero-order valence-corrected chi connectivity index (χ0v) is 10.2. The number of hydrogen-bond donors (Lipinski definition) is 1. The van der Waals surface area contributed by atoms with Gasteiger partial charge in [0, 0.05) is 18.9 Å². The van der Waals surface area contributed by atoms with Crippen LogP contribution in [0.1, 0.15) is 26.2 Å². The fourth-order valence-electron chi connectivity index (χ4n) is 1.63. The minimum absolute atomic E-state index is 0.249. The Hall–Kier alpha value is -0.130. The van der Waals surface area contributed by atoms with Crippen LogP contribution in [0.5, 0.6) is 0 Å². The maximum Gasteiger partial charge on any atom is 0.150 e. The summed E-state index contributed by atoms with van der Waals surface area (Å²) in [6, 6.07) is 0. The van der Waals surface area contributed by atoms with Crippen LogP contribution in [0.3, 0.4) is 0 Å². The first-order valence-corrected chi connectivity index (χ1v) is 7.49. The Balaban J connectivity index is 1.97. The second-order valence-corrected chi connectivity index (χ2v) is 6.40. The zero-order valence-electron chi connectivity index (χ0n) is 9.37. The molecule has 0 aromatic carbocycles. The number of rotatable bonds is 7. The van der Waals surface area contributed by atoms with Gasteiger partial charge < -0.3 is 10.1 Å². The summed E-state index contributed by atoms with van der Waals surface area (Å²) in [6.45, 7) is 4.18. The third-order valence-electron chi connectivity index (χ3n) is 2.64.